The molecule has 0 bridgehead atoms. The molecule has 6 atom stereocenters. The van der Waals surface area contributed by atoms with Crippen LogP contribution in [0.4, 0.5) is 15.8 Å². The Morgan fingerprint density at radius 1 is 0.696 bits per heavy atom. The summed E-state index contributed by atoms with van der Waals surface area (Å²) in [5.41, 5.74) is 0.817. The lowest BCUT2D eigenvalue weighted by molar-refractivity contribution is -0.126. The number of hydrogen-bond acceptors (Lipinski definition) is 7. The molecule has 3 aromatic carbocycles. The first kappa shape index (κ1) is 29.1. The number of carbonyl (C=O) groups is 6. The summed E-state index contributed by atoms with van der Waals surface area (Å²) in [7, 11) is 0. The number of nitrogens with zero attached hydrogens (tertiary/aromatic N) is 2. The number of phenols is 1. The van der Waals surface area contributed by atoms with E-state index in [0.717, 1.165) is 21.9 Å². The lowest BCUT2D eigenvalue weighted by atomic mass is 9.57. The van der Waals surface area contributed by atoms with Crippen LogP contribution in [0, 0.1) is 35.4 Å². The smallest absolute Gasteiger partial charge is 0.335 e. The number of carboxylic acid groups (broad SMARTS) is 2. The molecule has 3 N–H and O–H groups in total. The molecule has 0 spiro atoms. The van der Waals surface area contributed by atoms with Crippen LogP contribution in [0.2, 0.25) is 0 Å². The van der Waals surface area contributed by atoms with Crippen LogP contribution in [0.5, 0.6) is 5.75 Å². The van der Waals surface area contributed by atoms with Crippen LogP contribution < -0.4 is 9.80 Å². The maximum Gasteiger partial charge on any atom is 0.335 e. The number of fused-ring (bicyclic) bond motifs is 4. The average Bonchev–Trinajstić information content (AvgIpc) is 3.45. The lowest BCUT2D eigenvalue weighted by Crippen LogP contribution is -2.43. The van der Waals surface area contributed by atoms with Gasteiger partial charge in [0.05, 0.1) is 46.2 Å². The number of hydrogen-bond donors (Lipinski definition) is 3. The number of benzene rings is 3. The van der Waals surface area contributed by atoms with Crippen molar-refractivity contribution in [3.8, 4) is 5.75 Å². The molecule has 0 aromatic heterocycles. The summed E-state index contributed by atoms with van der Waals surface area (Å²) >= 11 is 0. The highest BCUT2D eigenvalue weighted by atomic mass is 19.1. The molecule has 1 saturated carbocycles. The number of allylic oxidation sites excluding steroid dienone is 2. The van der Waals surface area contributed by atoms with E-state index in [1.807, 2.05) is 0 Å². The largest absolute Gasteiger partial charge is 0.505 e. The fourth-order valence-corrected chi connectivity index (χ4v) is 7.75. The number of phenolic OH excluding ortho intramolecular Hbond substituents is 1. The highest BCUT2D eigenvalue weighted by Crippen LogP contribution is 2.58. The third kappa shape index (κ3) is 4.24. The van der Waals surface area contributed by atoms with Gasteiger partial charge in [0, 0.05) is 5.92 Å². The van der Waals surface area contributed by atoms with E-state index >= 15 is 0 Å². The Morgan fingerprint density at radius 2 is 1.26 bits per heavy atom. The van der Waals surface area contributed by atoms with Crippen LogP contribution in [0.15, 0.2) is 78.4 Å². The number of rotatable bonds is 5. The topological polar surface area (TPSA) is 170 Å². The first-order valence-corrected chi connectivity index (χ1v) is 14.6. The summed E-state index contributed by atoms with van der Waals surface area (Å²) in [6.07, 6.45) is 1.92. The molecule has 4 amide bonds. The van der Waals surface area contributed by atoms with Crippen LogP contribution in [-0.4, -0.2) is 50.9 Å². The zero-order valence-electron chi connectivity index (χ0n) is 23.9. The fraction of sp³-hybridized carbons (Fsp3) is 0.235. The molecule has 46 heavy (non-hydrogen) atoms. The van der Waals surface area contributed by atoms with E-state index in [2.05, 4.69) is 0 Å². The molecular weight excluding hydrogens is 599 g/mol. The molecule has 232 valence electrons. The molecule has 4 aliphatic rings. The Hall–Kier alpha value is -5.65. The summed E-state index contributed by atoms with van der Waals surface area (Å²) in [4.78, 5) is 81.1. The van der Waals surface area contributed by atoms with E-state index in [-0.39, 0.29) is 35.3 Å². The van der Waals surface area contributed by atoms with E-state index in [9.17, 15) is 48.5 Å². The van der Waals surface area contributed by atoms with Gasteiger partial charge in [0.25, 0.3) is 0 Å². The summed E-state index contributed by atoms with van der Waals surface area (Å²) in [6.45, 7) is 0. The van der Waals surface area contributed by atoms with E-state index in [0.29, 0.717) is 11.1 Å². The van der Waals surface area contributed by atoms with Crippen molar-refractivity contribution in [2.45, 2.75) is 18.8 Å². The number of carbonyl (C=O) groups excluding carboxylic acids is 4. The standard InChI is InChI=1S/C34H25FN2O9/c35-24-13-15(7-10-25(24)38)26-20-8-9-21-27(31(41)36(29(21)39)18-5-1-3-16(11-18)33(43)44)22(20)14-23-28(26)32(42)37(30(23)40)19-6-2-4-17(12-19)34(45)46/h1-8,10-13,21-23,26-28,38H,9,14H2,(H,43,44)(H,45,46)/t21-,22+,23+,26-,27-,28+/m0/s1. The summed E-state index contributed by atoms with van der Waals surface area (Å²) in [5, 5.41) is 28.9. The number of anilines is 2. The van der Waals surface area contributed by atoms with E-state index < -0.39 is 82.6 Å². The van der Waals surface area contributed by atoms with Crippen LogP contribution in [0.3, 0.4) is 0 Å². The molecule has 11 nitrogen and oxygen atoms in total. The van der Waals surface area contributed by atoms with Gasteiger partial charge in [-0.1, -0.05) is 29.8 Å². The van der Waals surface area contributed by atoms with Crippen molar-refractivity contribution < 1.29 is 48.5 Å². The molecule has 2 aliphatic heterocycles. The van der Waals surface area contributed by atoms with E-state index in [1.165, 1.54) is 54.6 Å². The van der Waals surface area contributed by atoms with E-state index in [4.69, 9.17) is 0 Å². The van der Waals surface area contributed by atoms with Crippen molar-refractivity contribution in [1.29, 1.82) is 0 Å². The van der Waals surface area contributed by atoms with Crippen molar-refractivity contribution in [3.05, 3.63) is 101 Å². The Bertz CT molecular complexity index is 1940. The highest BCUT2D eigenvalue weighted by Gasteiger charge is 2.62. The predicted octanol–water partition coefficient (Wildman–Crippen LogP) is 3.97. The van der Waals surface area contributed by atoms with Crippen LogP contribution in [0.25, 0.3) is 0 Å². The van der Waals surface area contributed by atoms with Gasteiger partial charge in [-0.05, 0) is 72.9 Å². The average molecular weight is 625 g/mol. The van der Waals surface area contributed by atoms with Crippen LogP contribution in [0.1, 0.15) is 45.0 Å². The van der Waals surface area contributed by atoms with Gasteiger partial charge in [-0.25, -0.2) is 14.0 Å². The van der Waals surface area contributed by atoms with Crippen LogP contribution >= 0.6 is 0 Å². The SMILES string of the molecule is O=C(O)c1cccc(N2C(=O)[C@H]3[C@H](CC=C4[C@H]3C[C@H]3C(=O)N(c5cccc(C(=O)O)c5)C(=O)[C@H]3[C@H]4c3ccc(O)c(F)c3)C2=O)c1. The van der Waals surface area contributed by atoms with E-state index in [1.54, 1.807) is 6.08 Å². The summed E-state index contributed by atoms with van der Waals surface area (Å²) < 4.78 is 14.8. The van der Waals surface area contributed by atoms with Gasteiger partial charge in [0.15, 0.2) is 11.6 Å². The van der Waals surface area contributed by atoms with Crippen molar-refractivity contribution >= 4 is 46.9 Å². The minimum atomic E-state index is -1.25. The van der Waals surface area contributed by atoms with Gasteiger partial charge in [-0.3, -0.25) is 29.0 Å². The zero-order valence-corrected chi connectivity index (χ0v) is 23.9. The van der Waals surface area contributed by atoms with Gasteiger partial charge < -0.3 is 15.3 Å². The normalized spacial score (nSPS) is 26.8. The van der Waals surface area contributed by atoms with Crippen molar-refractivity contribution in [2.75, 3.05) is 9.80 Å². The Morgan fingerprint density at radius 3 is 1.83 bits per heavy atom. The maximum atomic E-state index is 14.8. The first-order valence-electron chi connectivity index (χ1n) is 14.6. The molecule has 12 heteroatoms. The molecule has 3 aromatic rings. The molecule has 3 fully saturated rings. The second-order valence-corrected chi connectivity index (χ2v) is 12.0. The second kappa shape index (κ2) is 10.5. The maximum absolute atomic E-state index is 14.8. The molecule has 2 saturated heterocycles. The van der Waals surface area contributed by atoms with Gasteiger partial charge >= 0.3 is 11.9 Å². The second-order valence-electron chi connectivity index (χ2n) is 12.0. The van der Waals surface area contributed by atoms with Gasteiger partial charge in [-0.15, -0.1) is 0 Å². The van der Waals surface area contributed by atoms with Gasteiger partial charge in [-0.2, -0.15) is 0 Å². The number of carboxylic acids is 2. The monoisotopic (exact) mass is 624 g/mol. The molecular formula is C34H25FN2O9. The molecule has 2 aliphatic carbocycles. The fourth-order valence-electron chi connectivity index (χ4n) is 7.75. The number of imide groups is 2. The Balaban J connectivity index is 1.33. The summed E-state index contributed by atoms with van der Waals surface area (Å²) in [6, 6.07) is 14.6. The predicted molar refractivity (Wildman–Crippen MR) is 157 cm³/mol. The number of amides is 4. The Kier molecular flexibility index (Phi) is 6.62. The minimum absolute atomic E-state index is 0.0243. The quantitative estimate of drug-likeness (QED) is 0.281. The van der Waals surface area contributed by atoms with Crippen molar-refractivity contribution in [1.82, 2.24) is 0 Å². The molecule has 0 unspecified atom stereocenters. The summed E-state index contributed by atoms with van der Waals surface area (Å²) in [5.74, 6) is -11.7. The van der Waals surface area contributed by atoms with Crippen molar-refractivity contribution in [3.63, 3.8) is 0 Å². The third-order valence-corrected chi connectivity index (χ3v) is 9.68. The lowest BCUT2D eigenvalue weighted by Gasteiger charge is -2.44. The van der Waals surface area contributed by atoms with Crippen molar-refractivity contribution in [2.24, 2.45) is 29.6 Å². The number of aromatic hydroxyl groups is 1. The highest BCUT2D eigenvalue weighted by molar-refractivity contribution is 6.24. The van der Waals surface area contributed by atoms with Gasteiger partial charge in [0.2, 0.25) is 23.6 Å². The first-order chi connectivity index (χ1) is 22.0. The number of aromatic carboxylic acids is 2. The molecule has 0 radical (unpaired) electrons. The third-order valence-electron chi connectivity index (χ3n) is 9.68. The minimum Gasteiger partial charge on any atom is -0.505 e. The Labute approximate surface area is 260 Å². The van der Waals surface area contributed by atoms with Crippen LogP contribution in [-0.2, 0) is 19.2 Å². The molecule has 7 rings (SSSR count). The number of halogens is 1. The molecule has 2 heterocycles. The van der Waals surface area contributed by atoms with Gasteiger partial charge in [0.1, 0.15) is 0 Å². The zero-order chi connectivity index (χ0) is 32.6.